The molecular weight excluding hydrogens is 420 g/mol. The van der Waals surface area contributed by atoms with Crippen LogP contribution in [-0.4, -0.2) is 39.9 Å². The number of rotatable bonds is 8. The standard InChI is InChI=1S/C24H22N6O3/c1-32-20-10-4-17(14-21(20)33-2)5-11-24(31)29-19-8-6-18(7-9-19)28-22-15-23(26-16-25-22)30-13-3-12-27-30/h3-16H,1-2H3,(H,29,31)(H,25,26,28). The van der Waals surface area contributed by atoms with Crippen LogP contribution in [0.25, 0.3) is 11.9 Å². The number of hydrogen-bond acceptors (Lipinski definition) is 7. The molecule has 0 aliphatic rings. The summed E-state index contributed by atoms with van der Waals surface area (Å²) in [6, 6.07) is 16.4. The average Bonchev–Trinajstić information content (AvgIpc) is 3.39. The molecule has 9 nitrogen and oxygen atoms in total. The molecule has 0 fully saturated rings. The largest absolute Gasteiger partial charge is 0.493 e. The van der Waals surface area contributed by atoms with Crippen LogP contribution in [0.4, 0.5) is 17.2 Å². The highest BCUT2D eigenvalue weighted by Crippen LogP contribution is 2.28. The zero-order valence-electron chi connectivity index (χ0n) is 18.1. The summed E-state index contributed by atoms with van der Waals surface area (Å²) in [5, 5.41) is 10.2. The van der Waals surface area contributed by atoms with Crippen molar-refractivity contribution in [2.24, 2.45) is 0 Å². The fourth-order valence-corrected chi connectivity index (χ4v) is 3.04. The van der Waals surface area contributed by atoms with E-state index in [9.17, 15) is 4.79 Å². The van der Waals surface area contributed by atoms with Crippen molar-refractivity contribution in [3.8, 4) is 17.3 Å². The van der Waals surface area contributed by atoms with E-state index in [0.717, 1.165) is 11.3 Å². The van der Waals surface area contributed by atoms with Crippen molar-refractivity contribution >= 4 is 29.2 Å². The third-order valence-corrected chi connectivity index (χ3v) is 4.65. The molecule has 2 aromatic carbocycles. The fourth-order valence-electron chi connectivity index (χ4n) is 3.04. The molecule has 4 rings (SSSR count). The van der Waals surface area contributed by atoms with Crippen molar-refractivity contribution in [1.29, 1.82) is 0 Å². The van der Waals surface area contributed by atoms with Gasteiger partial charge in [-0.3, -0.25) is 4.79 Å². The van der Waals surface area contributed by atoms with Gasteiger partial charge in [0, 0.05) is 35.9 Å². The van der Waals surface area contributed by atoms with E-state index >= 15 is 0 Å². The van der Waals surface area contributed by atoms with E-state index in [1.54, 1.807) is 61.5 Å². The molecule has 1 amide bonds. The van der Waals surface area contributed by atoms with E-state index in [0.29, 0.717) is 28.8 Å². The highest BCUT2D eigenvalue weighted by molar-refractivity contribution is 6.02. The summed E-state index contributed by atoms with van der Waals surface area (Å²) in [6.07, 6.45) is 8.14. The monoisotopic (exact) mass is 442 g/mol. The molecule has 0 aliphatic carbocycles. The van der Waals surface area contributed by atoms with Crippen LogP contribution < -0.4 is 20.1 Å². The van der Waals surface area contributed by atoms with Gasteiger partial charge in [0.2, 0.25) is 5.91 Å². The van der Waals surface area contributed by atoms with Crippen LogP contribution >= 0.6 is 0 Å². The van der Waals surface area contributed by atoms with Gasteiger partial charge in [-0.2, -0.15) is 5.10 Å². The minimum atomic E-state index is -0.245. The van der Waals surface area contributed by atoms with Crippen molar-refractivity contribution in [3.63, 3.8) is 0 Å². The second-order valence-corrected chi connectivity index (χ2v) is 6.85. The fraction of sp³-hybridized carbons (Fsp3) is 0.0833. The topological polar surface area (TPSA) is 103 Å². The number of methoxy groups -OCH3 is 2. The Morgan fingerprint density at radius 1 is 0.970 bits per heavy atom. The van der Waals surface area contributed by atoms with E-state index < -0.39 is 0 Å². The summed E-state index contributed by atoms with van der Waals surface area (Å²) in [5.41, 5.74) is 2.31. The Morgan fingerprint density at radius 2 is 1.76 bits per heavy atom. The van der Waals surface area contributed by atoms with Crippen LogP contribution in [0.1, 0.15) is 5.56 Å². The van der Waals surface area contributed by atoms with Crippen molar-refractivity contribution in [3.05, 3.63) is 85.0 Å². The quantitative estimate of drug-likeness (QED) is 0.396. The molecule has 33 heavy (non-hydrogen) atoms. The average molecular weight is 442 g/mol. The normalized spacial score (nSPS) is 10.7. The van der Waals surface area contributed by atoms with Crippen molar-refractivity contribution in [2.75, 3.05) is 24.9 Å². The van der Waals surface area contributed by atoms with Crippen LogP contribution in [0.5, 0.6) is 11.5 Å². The van der Waals surface area contributed by atoms with Crippen molar-refractivity contribution in [2.45, 2.75) is 0 Å². The van der Waals surface area contributed by atoms with Gasteiger partial charge in [0.05, 0.1) is 14.2 Å². The molecule has 0 bridgehead atoms. The number of ether oxygens (including phenoxy) is 2. The van der Waals surface area contributed by atoms with E-state index in [4.69, 9.17) is 9.47 Å². The van der Waals surface area contributed by atoms with Gasteiger partial charge in [-0.25, -0.2) is 14.6 Å². The smallest absolute Gasteiger partial charge is 0.248 e. The maximum absolute atomic E-state index is 12.3. The lowest BCUT2D eigenvalue weighted by Gasteiger charge is -2.09. The zero-order chi connectivity index (χ0) is 23.0. The Balaban J connectivity index is 1.36. The molecule has 0 aliphatic heterocycles. The number of nitrogens with zero attached hydrogens (tertiary/aromatic N) is 4. The van der Waals surface area contributed by atoms with E-state index in [1.807, 2.05) is 30.5 Å². The van der Waals surface area contributed by atoms with Gasteiger partial charge >= 0.3 is 0 Å². The maximum Gasteiger partial charge on any atom is 0.248 e. The predicted octanol–water partition coefficient (Wildman–Crippen LogP) is 4.08. The molecule has 0 radical (unpaired) electrons. The van der Waals surface area contributed by atoms with Gasteiger partial charge in [-0.15, -0.1) is 0 Å². The summed E-state index contributed by atoms with van der Waals surface area (Å²) in [7, 11) is 3.15. The summed E-state index contributed by atoms with van der Waals surface area (Å²) in [4.78, 5) is 20.7. The first-order valence-electron chi connectivity index (χ1n) is 10.0. The van der Waals surface area contributed by atoms with Crippen LogP contribution in [-0.2, 0) is 4.79 Å². The minimum Gasteiger partial charge on any atom is -0.493 e. The van der Waals surface area contributed by atoms with Crippen LogP contribution in [0.3, 0.4) is 0 Å². The Bertz CT molecular complexity index is 1250. The van der Waals surface area contributed by atoms with Crippen LogP contribution in [0.2, 0.25) is 0 Å². The first-order chi connectivity index (χ1) is 16.1. The molecule has 0 atom stereocenters. The lowest BCUT2D eigenvalue weighted by molar-refractivity contribution is -0.111. The van der Waals surface area contributed by atoms with Crippen LogP contribution in [0.15, 0.2) is 79.4 Å². The SMILES string of the molecule is COc1ccc(C=CC(=O)Nc2ccc(Nc3cc(-n4cccn4)ncn3)cc2)cc1OC. The molecule has 9 heteroatoms. The zero-order valence-corrected chi connectivity index (χ0v) is 18.1. The molecule has 0 saturated heterocycles. The Morgan fingerprint density at radius 3 is 2.48 bits per heavy atom. The second kappa shape index (κ2) is 10.1. The number of carbonyl (C=O) groups excluding carboxylic acids is 1. The summed E-state index contributed by atoms with van der Waals surface area (Å²) in [6.45, 7) is 0. The van der Waals surface area contributed by atoms with Gasteiger partial charge in [0.15, 0.2) is 17.3 Å². The lowest BCUT2D eigenvalue weighted by Crippen LogP contribution is -2.07. The number of hydrogen-bond donors (Lipinski definition) is 2. The number of anilines is 3. The highest BCUT2D eigenvalue weighted by Gasteiger charge is 2.05. The summed E-state index contributed by atoms with van der Waals surface area (Å²) >= 11 is 0. The molecule has 2 aromatic heterocycles. The molecular formula is C24H22N6O3. The van der Waals surface area contributed by atoms with E-state index in [1.165, 1.54) is 12.4 Å². The Kier molecular flexibility index (Phi) is 6.60. The molecule has 2 heterocycles. The Hall–Kier alpha value is -4.66. The van der Waals surface area contributed by atoms with E-state index in [2.05, 4.69) is 25.7 Å². The number of carbonyl (C=O) groups is 1. The number of nitrogens with one attached hydrogen (secondary N) is 2. The first kappa shape index (κ1) is 21.6. The number of benzene rings is 2. The van der Waals surface area contributed by atoms with Gasteiger partial charge in [0.25, 0.3) is 0 Å². The third-order valence-electron chi connectivity index (χ3n) is 4.65. The minimum absolute atomic E-state index is 0.245. The highest BCUT2D eigenvalue weighted by atomic mass is 16.5. The summed E-state index contributed by atoms with van der Waals surface area (Å²) < 4.78 is 12.2. The van der Waals surface area contributed by atoms with Gasteiger partial charge in [-0.05, 0) is 54.1 Å². The van der Waals surface area contributed by atoms with E-state index in [-0.39, 0.29) is 5.91 Å². The molecule has 4 aromatic rings. The predicted molar refractivity (Wildman–Crippen MR) is 126 cm³/mol. The second-order valence-electron chi connectivity index (χ2n) is 6.85. The maximum atomic E-state index is 12.3. The number of aromatic nitrogens is 4. The molecule has 0 spiro atoms. The number of amides is 1. The first-order valence-corrected chi connectivity index (χ1v) is 10.0. The van der Waals surface area contributed by atoms with Crippen molar-refractivity contribution < 1.29 is 14.3 Å². The lowest BCUT2D eigenvalue weighted by atomic mass is 10.2. The third kappa shape index (κ3) is 5.53. The van der Waals surface area contributed by atoms with Crippen molar-refractivity contribution in [1.82, 2.24) is 19.7 Å². The molecule has 166 valence electrons. The van der Waals surface area contributed by atoms with Gasteiger partial charge in [0.1, 0.15) is 12.1 Å². The van der Waals surface area contributed by atoms with Gasteiger partial charge < -0.3 is 20.1 Å². The molecule has 0 saturated carbocycles. The molecule has 0 unspecified atom stereocenters. The van der Waals surface area contributed by atoms with Crippen LogP contribution in [0, 0.1) is 0 Å². The summed E-state index contributed by atoms with van der Waals surface area (Å²) in [5.74, 6) is 2.27. The molecule has 2 N–H and O–H groups in total. The Labute approximate surface area is 190 Å². The van der Waals surface area contributed by atoms with Gasteiger partial charge in [-0.1, -0.05) is 6.07 Å².